The van der Waals surface area contributed by atoms with Crippen molar-refractivity contribution in [1.82, 2.24) is 4.98 Å². The van der Waals surface area contributed by atoms with Gasteiger partial charge < -0.3 is 4.90 Å². The van der Waals surface area contributed by atoms with Gasteiger partial charge in [-0.1, -0.05) is 109 Å². The van der Waals surface area contributed by atoms with Crippen LogP contribution in [0.25, 0.3) is 53.0 Å². The van der Waals surface area contributed by atoms with Gasteiger partial charge in [-0.2, -0.15) is 0 Å². The Kier molecular flexibility index (Phi) is 5.35. The van der Waals surface area contributed by atoms with Crippen LogP contribution in [-0.4, -0.2) is 4.98 Å². The summed E-state index contributed by atoms with van der Waals surface area (Å²) in [5.74, 6) is 0. The predicted molar refractivity (Wildman–Crippen MR) is 172 cm³/mol. The molecule has 0 N–H and O–H groups in total. The van der Waals surface area contributed by atoms with Crippen LogP contribution >= 0.6 is 11.3 Å². The van der Waals surface area contributed by atoms with Crippen molar-refractivity contribution in [3.05, 3.63) is 146 Å². The van der Waals surface area contributed by atoms with Gasteiger partial charge in [-0.25, -0.2) is 4.98 Å². The smallest absolute Gasteiger partial charge is 0.126 e. The van der Waals surface area contributed by atoms with Crippen LogP contribution in [0, 0.1) is 0 Å². The summed E-state index contributed by atoms with van der Waals surface area (Å²) in [6.07, 6.45) is 1.94. The Balaban J connectivity index is 1.33. The number of nitrogens with zero attached hydrogens (tertiary/aromatic N) is 2. The molecular weight excluding hydrogens is 504 g/mol. The Labute approximate surface area is 236 Å². The maximum Gasteiger partial charge on any atom is 0.126 e. The molecule has 188 valence electrons. The molecule has 2 heterocycles. The summed E-state index contributed by atoms with van der Waals surface area (Å²) < 4.78 is 1.28. The van der Waals surface area contributed by atoms with Gasteiger partial charge in [0.1, 0.15) is 4.83 Å². The average molecular weight is 529 g/mol. The molecule has 0 aliphatic rings. The third kappa shape index (κ3) is 3.67. The number of aromatic nitrogens is 1. The van der Waals surface area contributed by atoms with Gasteiger partial charge in [0.15, 0.2) is 0 Å². The van der Waals surface area contributed by atoms with Gasteiger partial charge >= 0.3 is 0 Å². The standard InChI is InChI=1S/C37H24N2S/c1-2-12-28(13-3-1)39(29-20-17-27(18-21-29)31-16-8-11-25-9-4-6-14-30(25)31)34-23-24-38-37-35(34)33-22-19-26-10-5-7-15-32(26)36(33)40-37/h1-24H. The molecule has 0 saturated heterocycles. The Bertz CT molecular complexity index is 2160. The number of hydrogen-bond acceptors (Lipinski definition) is 3. The van der Waals surface area contributed by atoms with Crippen molar-refractivity contribution in [3.8, 4) is 11.1 Å². The van der Waals surface area contributed by atoms with Crippen LogP contribution in [0.15, 0.2) is 146 Å². The number of para-hydroxylation sites is 1. The Morgan fingerprint density at radius 2 is 1.18 bits per heavy atom. The van der Waals surface area contributed by atoms with Crippen LogP contribution in [0.3, 0.4) is 0 Å². The molecule has 0 aliphatic heterocycles. The van der Waals surface area contributed by atoms with E-state index >= 15 is 0 Å². The highest BCUT2D eigenvalue weighted by Gasteiger charge is 2.20. The van der Waals surface area contributed by atoms with Crippen LogP contribution in [0.5, 0.6) is 0 Å². The van der Waals surface area contributed by atoms with Crippen molar-refractivity contribution in [1.29, 1.82) is 0 Å². The van der Waals surface area contributed by atoms with E-state index in [0.29, 0.717) is 0 Å². The molecule has 0 radical (unpaired) electrons. The van der Waals surface area contributed by atoms with E-state index in [1.165, 1.54) is 48.1 Å². The predicted octanol–water partition coefficient (Wildman–Crippen LogP) is 10.9. The molecule has 6 aromatic carbocycles. The Morgan fingerprint density at radius 3 is 2.00 bits per heavy atom. The summed E-state index contributed by atoms with van der Waals surface area (Å²) in [6, 6.07) is 49.9. The zero-order valence-electron chi connectivity index (χ0n) is 21.7. The third-order valence-electron chi connectivity index (χ3n) is 7.72. The van der Waals surface area contributed by atoms with Gasteiger partial charge in [0.25, 0.3) is 0 Å². The molecule has 2 nitrogen and oxygen atoms in total. The topological polar surface area (TPSA) is 16.1 Å². The third-order valence-corrected chi connectivity index (χ3v) is 8.87. The van der Waals surface area contributed by atoms with Crippen LogP contribution in [0.4, 0.5) is 17.1 Å². The lowest BCUT2D eigenvalue weighted by atomic mass is 9.98. The van der Waals surface area contributed by atoms with Gasteiger partial charge in [0.05, 0.1) is 5.69 Å². The molecule has 0 atom stereocenters. The number of benzene rings is 6. The first-order valence-corrected chi connectivity index (χ1v) is 14.3. The van der Waals surface area contributed by atoms with Crippen LogP contribution < -0.4 is 4.90 Å². The monoisotopic (exact) mass is 528 g/mol. The molecule has 0 aliphatic carbocycles. The summed E-state index contributed by atoms with van der Waals surface area (Å²) in [7, 11) is 0. The minimum atomic E-state index is 1.05. The van der Waals surface area contributed by atoms with Crippen LogP contribution in [0.2, 0.25) is 0 Å². The molecule has 0 bridgehead atoms. The van der Waals surface area contributed by atoms with E-state index in [1.807, 2.05) is 6.20 Å². The van der Waals surface area contributed by atoms with Gasteiger partial charge in [0.2, 0.25) is 0 Å². The molecule has 0 spiro atoms. The van der Waals surface area contributed by atoms with Gasteiger partial charge in [-0.15, -0.1) is 11.3 Å². The van der Waals surface area contributed by atoms with Gasteiger partial charge in [0, 0.05) is 33.0 Å². The molecule has 0 amide bonds. The SMILES string of the molecule is c1ccc(N(c2ccc(-c3cccc4ccccc34)cc2)c2ccnc3sc4c5ccccc5ccc4c23)cc1. The van der Waals surface area contributed by atoms with E-state index in [0.717, 1.165) is 21.9 Å². The molecule has 0 unspecified atom stereocenters. The van der Waals surface area contributed by atoms with Gasteiger partial charge in [-0.3, -0.25) is 0 Å². The van der Waals surface area contributed by atoms with Crippen LogP contribution in [0.1, 0.15) is 0 Å². The number of thiophene rings is 1. The normalized spacial score (nSPS) is 11.5. The maximum atomic E-state index is 4.83. The molecule has 0 saturated carbocycles. The largest absolute Gasteiger partial charge is 0.310 e. The van der Waals surface area contributed by atoms with Crippen molar-refractivity contribution < 1.29 is 0 Å². The molecule has 0 fully saturated rings. The van der Waals surface area contributed by atoms with Crippen molar-refractivity contribution >= 4 is 70.2 Å². The molecule has 40 heavy (non-hydrogen) atoms. The highest BCUT2D eigenvalue weighted by molar-refractivity contribution is 7.26. The van der Waals surface area contributed by atoms with E-state index in [-0.39, 0.29) is 0 Å². The van der Waals surface area contributed by atoms with E-state index in [1.54, 1.807) is 11.3 Å². The molecule has 2 aromatic heterocycles. The first kappa shape index (κ1) is 22.9. The summed E-state index contributed by atoms with van der Waals surface area (Å²) in [5, 5.41) is 7.49. The fraction of sp³-hybridized carbons (Fsp3) is 0. The number of pyridine rings is 1. The Hall–Kier alpha value is -4.99. The first-order chi connectivity index (χ1) is 19.8. The molecule has 3 heteroatoms. The zero-order chi connectivity index (χ0) is 26.5. The first-order valence-electron chi connectivity index (χ1n) is 13.5. The molecular formula is C37H24N2S. The lowest BCUT2D eigenvalue weighted by Gasteiger charge is -2.26. The second-order valence-electron chi connectivity index (χ2n) is 10.0. The van der Waals surface area contributed by atoms with E-state index in [9.17, 15) is 0 Å². The quantitative estimate of drug-likeness (QED) is 0.226. The number of rotatable bonds is 4. The summed E-state index contributed by atoms with van der Waals surface area (Å²) in [6.45, 7) is 0. The number of anilines is 3. The molecule has 8 aromatic rings. The highest BCUT2D eigenvalue weighted by Crippen LogP contribution is 2.45. The van der Waals surface area contributed by atoms with E-state index < -0.39 is 0 Å². The van der Waals surface area contributed by atoms with Crippen molar-refractivity contribution in [2.24, 2.45) is 0 Å². The Morgan fingerprint density at radius 1 is 0.500 bits per heavy atom. The van der Waals surface area contributed by atoms with Crippen molar-refractivity contribution in [3.63, 3.8) is 0 Å². The fourth-order valence-electron chi connectivity index (χ4n) is 5.87. The second-order valence-corrected chi connectivity index (χ2v) is 11.0. The lowest BCUT2D eigenvalue weighted by molar-refractivity contribution is 1.29. The maximum absolute atomic E-state index is 4.83. The lowest BCUT2D eigenvalue weighted by Crippen LogP contribution is -2.10. The summed E-state index contributed by atoms with van der Waals surface area (Å²) in [4.78, 5) is 8.24. The van der Waals surface area contributed by atoms with Crippen molar-refractivity contribution in [2.45, 2.75) is 0 Å². The van der Waals surface area contributed by atoms with E-state index in [4.69, 9.17) is 4.98 Å². The fourth-order valence-corrected chi connectivity index (χ4v) is 7.07. The second kappa shape index (κ2) is 9.33. The number of fused-ring (bicyclic) bond motifs is 6. The zero-order valence-corrected chi connectivity index (χ0v) is 22.5. The minimum absolute atomic E-state index is 1.05. The van der Waals surface area contributed by atoms with Gasteiger partial charge in [-0.05, 0) is 63.0 Å². The van der Waals surface area contributed by atoms with Crippen LogP contribution in [-0.2, 0) is 0 Å². The van der Waals surface area contributed by atoms with Crippen molar-refractivity contribution in [2.75, 3.05) is 4.90 Å². The number of hydrogen-bond donors (Lipinski definition) is 0. The van der Waals surface area contributed by atoms with E-state index in [2.05, 4.69) is 144 Å². The highest BCUT2D eigenvalue weighted by atomic mass is 32.1. The molecule has 8 rings (SSSR count). The average Bonchev–Trinajstić information content (AvgIpc) is 3.42. The summed E-state index contributed by atoms with van der Waals surface area (Å²) in [5.41, 5.74) is 5.82. The minimum Gasteiger partial charge on any atom is -0.310 e. The summed E-state index contributed by atoms with van der Waals surface area (Å²) >= 11 is 1.78.